The summed E-state index contributed by atoms with van der Waals surface area (Å²) >= 11 is 1.58. The Bertz CT molecular complexity index is 1370. The number of hydrogen-bond acceptors (Lipinski definition) is 10. The highest BCUT2D eigenvalue weighted by atomic mass is 32.1. The van der Waals surface area contributed by atoms with Gasteiger partial charge in [-0.1, -0.05) is 0 Å². The van der Waals surface area contributed by atoms with Gasteiger partial charge >= 0.3 is 6.03 Å². The van der Waals surface area contributed by atoms with Gasteiger partial charge in [-0.25, -0.2) is 14.8 Å². The van der Waals surface area contributed by atoms with Crippen LogP contribution in [0.4, 0.5) is 16.6 Å². The molecule has 0 aromatic carbocycles. The molecule has 0 spiro atoms. The number of rotatable bonds is 9. The van der Waals surface area contributed by atoms with Gasteiger partial charge in [-0.15, -0.1) is 11.3 Å². The number of thiazole rings is 1. The average Bonchev–Trinajstić information content (AvgIpc) is 3.82. The zero-order chi connectivity index (χ0) is 27.3. The number of nitrogens with zero attached hydrogens (tertiary/aromatic N) is 4. The van der Waals surface area contributed by atoms with Crippen LogP contribution in [-0.4, -0.2) is 73.1 Å². The van der Waals surface area contributed by atoms with Crippen molar-refractivity contribution in [2.45, 2.75) is 89.1 Å². The largest absolute Gasteiger partial charge is 0.388 e. The third-order valence-electron chi connectivity index (χ3n) is 7.95. The molecule has 3 aliphatic rings. The van der Waals surface area contributed by atoms with Crippen molar-refractivity contribution in [3.8, 4) is 10.6 Å². The second-order valence-electron chi connectivity index (χ2n) is 11.0. The minimum Gasteiger partial charge on any atom is -0.388 e. The standard InChI is InChI=1S/C27H36N8O3S/c1-4-28-27(38)33-17-11-16(22(36)23(17)37)32-24-19(13(3)31-26(35-24)30-12(2)14-5-6-14)25-34-21-18(39-25)9-10-29-20(21)15-7-8-15/h9-10,12,14-17,22-23,36-37H,4-8,11H2,1-3H3,(H2,28,33,38)(H2,30,31,32,35)/t12-,16-,17+,22+,23-/m1/s1. The van der Waals surface area contributed by atoms with E-state index < -0.39 is 24.3 Å². The predicted octanol–water partition coefficient (Wildman–Crippen LogP) is 3.14. The number of fused-ring (bicyclic) bond motifs is 1. The summed E-state index contributed by atoms with van der Waals surface area (Å²) in [4.78, 5) is 31.4. The van der Waals surface area contributed by atoms with E-state index in [0.29, 0.717) is 36.6 Å². The Morgan fingerprint density at radius 3 is 2.62 bits per heavy atom. The van der Waals surface area contributed by atoms with Gasteiger partial charge in [-0.05, 0) is 64.9 Å². The molecule has 11 nitrogen and oxygen atoms in total. The maximum absolute atomic E-state index is 12.1. The summed E-state index contributed by atoms with van der Waals surface area (Å²) in [5, 5.41) is 34.7. The van der Waals surface area contributed by atoms with Gasteiger partial charge < -0.3 is 31.5 Å². The fraction of sp³-hybridized carbons (Fsp3) is 0.593. The van der Waals surface area contributed by atoms with E-state index in [9.17, 15) is 15.0 Å². The molecule has 3 aromatic rings. The van der Waals surface area contributed by atoms with Gasteiger partial charge in [0.2, 0.25) is 5.95 Å². The van der Waals surface area contributed by atoms with Gasteiger partial charge in [0, 0.05) is 24.7 Å². The molecular formula is C27H36N8O3S. The molecule has 6 N–H and O–H groups in total. The number of carbonyl (C=O) groups excluding carboxylic acids is 1. The minimum absolute atomic E-state index is 0.252. The van der Waals surface area contributed by atoms with Crippen molar-refractivity contribution in [2.75, 3.05) is 17.2 Å². The van der Waals surface area contributed by atoms with Crippen LogP contribution in [0.15, 0.2) is 12.3 Å². The number of aryl methyl sites for hydroxylation is 1. The quantitative estimate of drug-likeness (QED) is 0.235. The number of urea groups is 1. The van der Waals surface area contributed by atoms with E-state index >= 15 is 0 Å². The van der Waals surface area contributed by atoms with E-state index in [-0.39, 0.29) is 12.1 Å². The maximum atomic E-state index is 12.1. The summed E-state index contributed by atoms with van der Waals surface area (Å²) < 4.78 is 1.07. The first kappa shape index (κ1) is 26.1. The van der Waals surface area contributed by atoms with Crippen molar-refractivity contribution in [1.82, 2.24) is 30.6 Å². The highest BCUT2D eigenvalue weighted by Gasteiger charge is 2.43. The fourth-order valence-electron chi connectivity index (χ4n) is 5.43. The smallest absolute Gasteiger partial charge is 0.315 e. The second-order valence-corrected chi connectivity index (χ2v) is 12.1. The van der Waals surface area contributed by atoms with E-state index in [1.807, 2.05) is 26.1 Å². The Kier molecular flexibility index (Phi) is 7.02. The molecule has 12 heteroatoms. The first-order valence-corrected chi connectivity index (χ1v) is 14.7. The molecule has 0 unspecified atom stereocenters. The molecule has 6 rings (SSSR count). The highest BCUT2D eigenvalue weighted by Crippen LogP contribution is 2.44. The molecule has 39 heavy (non-hydrogen) atoms. The number of aromatic nitrogens is 4. The number of aliphatic hydroxyl groups is 2. The summed E-state index contributed by atoms with van der Waals surface area (Å²) in [5.74, 6) is 2.15. The molecule has 0 radical (unpaired) electrons. The number of hydrogen-bond donors (Lipinski definition) is 6. The predicted molar refractivity (Wildman–Crippen MR) is 151 cm³/mol. The lowest BCUT2D eigenvalue weighted by molar-refractivity contribution is 0.0282. The second kappa shape index (κ2) is 10.5. The minimum atomic E-state index is -1.11. The Balaban J connectivity index is 1.34. The first-order valence-electron chi connectivity index (χ1n) is 13.9. The van der Waals surface area contributed by atoms with E-state index in [1.165, 1.54) is 12.8 Å². The highest BCUT2D eigenvalue weighted by molar-refractivity contribution is 7.21. The summed E-state index contributed by atoms with van der Waals surface area (Å²) in [6.07, 6.45) is 4.66. The molecule has 208 valence electrons. The molecule has 3 aromatic heterocycles. The molecule has 0 aliphatic heterocycles. The number of anilines is 2. The SMILES string of the molecule is CCNC(=O)N[C@H]1C[C@@H](Nc2nc(N[C@H](C)C3CC3)nc(C)c2-c2nc3c(C4CC4)nccc3s2)[C@H](O)[C@@H]1O. The molecule has 0 saturated heterocycles. The Hall–Kier alpha value is -3.09. The van der Waals surface area contributed by atoms with Crippen molar-refractivity contribution in [2.24, 2.45) is 5.92 Å². The van der Waals surface area contributed by atoms with Crippen LogP contribution in [0, 0.1) is 12.8 Å². The third kappa shape index (κ3) is 5.37. The Labute approximate surface area is 231 Å². The van der Waals surface area contributed by atoms with Crippen LogP contribution in [0.3, 0.4) is 0 Å². The lowest BCUT2D eigenvalue weighted by atomic mass is 10.1. The van der Waals surface area contributed by atoms with Crippen molar-refractivity contribution < 1.29 is 15.0 Å². The first-order chi connectivity index (χ1) is 18.8. The van der Waals surface area contributed by atoms with E-state index in [1.54, 1.807) is 11.3 Å². The number of aliphatic hydroxyl groups excluding tert-OH is 2. The van der Waals surface area contributed by atoms with Crippen molar-refractivity contribution in [3.05, 3.63) is 23.7 Å². The average molecular weight is 553 g/mol. The van der Waals surface area contributed by atoms with Gasteiger partial charge in [0.25, 0.3) is 0 Å². The number of nitrogens with one attached hydrogen (secondary N) is 4. The summed E-state index contributed by atoms with van der Waals surface area (Å²) in [7, 11) is 0. The van der Waals surface area contributed by atoms with Crippen LogP contribution in [0.5, 0.6) is 0 Å². The van der Waals surface area contributed by atoms with E-state index in [0.717, 1.165) is 45.0 Å². The number of pyridine rings is 1. The zero-order valence-electron chi connectivity index (χ0n) is 22.4. The Morgan fingerprint density at radius 1 is 1.13 bits per heavy atom. The lowest BCUT2D eigenvalue weighted by Gasteiger charge is -2.22. The summed E-state index contributed by atoms with van der Waals surface area (Å²) in [5.41, 5.74) is 3.51. The molecule has 3 heterocycles. The van der Waals surface area contributed by atoms with Crippen molar-refractivity contribution in [3.63, 3.8) is 0 Å². The van der Waals surface area contributed by atoms with Gasteiger partial charge in [0.15, 0.2) is 0 Å². The van der Waals surface area contributed by atoms with Gasteiger partial charge in [0.05, 0.1) is 33.7 Å². The molecule has 3 aliphatic carbocycles. The molecular weight excluding hydrogens is 516 g/mol. The monoisotopic (exact) mass is 552 g/mol. The number of carbonyl (C=O) groups is 1. The van der Waals surface area contributed by atoms with Gasteiger partial charge in [-0.3, -0.25) is 4.98 Å². The number of amides is 2. The summed E-state index contributed by atoms with van der Waals surface area (Å²) in [6, 6.07) is 0.739. The van der Waals surface area contributed by atoms with Crippen LogP contribution in [0.25, 0.3) is 20.8 Å². The Morgan fingerprint density at radius 2 is 1.90 bits per heavy atom. The molecule has 3 saturated carbocycles. The van der Waals surface area contributed by atoms with Crippen LogP contribution in [0.2, 0.25) is 0 Å². The van der Waals surface area contributed by atoms with Gasteiger partial charge in [-0.2, -0.15) is 4.98 Å². The van der Waals surface area contributed by atoms with Crippen LogP contribution in [0.1, 0.15) is 63.3 Å². The van der Waals surface area contributed by atoms with Crippen LogP contribution in [-0.2, 0) is 0 Å². The lowest BCUT2D eigenvalue weighted by Crippen LogP contribution is -2.47. The maximum Gasteiger partial charge on any atom is 0.315 e. The molecule has 5 atom stereocenters. The van der Waals surface area contributed by atoms with E-state index in [4.69, 9.17) is 15.0 Å². The van der Waals surface area contributed by atoms with Gasteiger partial charge in [0.1, 0.15) is 28.6 Å². The molecule has 3 fully saturated rings. The van der Waals surface area contributed by atoms with Crippen molar-refractivity contribution in [1.29, 1.82) is 0 Å². The zero-order valence-corrected chi connectivity index (χ0v) is 23.3. The fourth-order valence-corrected chi connectivity index (χ4v) is 6.49. The third-order valence-corrected chi connectivity index (χ3v) is 8.99. The normalized spacial score (nSPS) is 25.5. The van der Waals surface area contributed by atoms with Crippen LogP contribution < -0.4 is 21.3 Å². The topological polar surface area (TPSA) is 157 Å². The van der Waals surface area contributed by atoms with Crippen molar-refractivity contribution >= 4 is 39.4 Å². The summed E-state index contributed by atoms with van der Waals surface area (Å²) in [6.45, 7) is 6.38. The molecule has 2 amide bonds. The molecule has 0 bridgehead atoms. The van der Waals surface area contributed by atoms with Crippen LogP contribution >= 0.6 is 11.3 Å². The van der Waals surface area contributed by atoms with E-state index in [2.05, 4.69) is 33.2 Å².